The smallest absolute Gasteiger partial charge is 0.403 e. The van der Waals surface area contributed by atoms with Crippen molar-refractivity contribution in [3.8, 4) is 5.75 Å². The van der Waals surface area contributed by atoms with E-state index in [1.165, 1.54) is 30.7 Å². The topological polar surface area (TPSA) is 34.0 Å². The minimum absolute atomic E-state index is 0.269. The third-order valence-electron chi connectivity index (χ3n) is 3.71. The van der Waals surface area contributed by atoms with Crippen LogP contribution in [0.15, 0.2) is 52.7 Å². The lowest BCUT2D eigenvalue weighted by molar-refractivity contribution is -0.275. The van der Waals surface area contributed by atoms with Gasteiger partial charge in [0, 0.05) is 0 Å². The molecular weight excluding hydrogens is 360 g/mol. The van der Waals surface area contributed by atoms with Gasteiger partial charge in [0.15, 0.2) is 11.6 Å². The van der Waals surface area contributed by atoms with Crippen molar-refractivity contribution >= 4 is 12.4 Å². The molecule has 7 heteroatoms. The van der Waals surface area contributed by atoms with Gasteiger partial charge in [-0.1, -0.05) is 44.0 Å². The standard InChI is InChI=1S/C20H20F4N2O/c1-2-3-4-5-15-6-8-16(9-7-15)13-25-26-14-17-10-11-19(18(21)12-17)27-20(22,23)24/h6-14H,2-5H2,1H3. The molecule has 0 saturated heterocycles. The second-order valence-corrected chi connectivity index (χ2v) is 5.93. The van der Waals surface area contributed by atoms with Crippen molar-refractivity contribution in [1.29, 1.82) is 0 Å². The number of aryl methyl sites for hydroxylation is 1. The van der Waals surface area contributed by atoms with Crippen LogP contribution in [0, 0.1) is 5.82 Å². The molecule has 0 spiro atoms. The van der Waals surface area contributed by atoms with Crippen molar-refractivity contribution in [3.63, 3.8) is 0 Å². The summed E-state index contributed by atoms with van der Waals surface area (Å²) in [6.07, 6.45) is 2.46. The number of unbranched alkanes of at least 4 members (excludes halogenated alkanes) is 2. The van der Waals surface area contributed by atoms with Crippen LogP contribution in [0.3, 0.4) is 0 Å². The van der Waals surface area contributed by atoms with Crippen LogP contribution in [0.4, 0.5) is 17.6 Å². The van der Waals surface area contributed by atoms with Crippen molar-refractivity contribution in [2.75, 3.05) is 0 Å². The van der Waals surface area contributed by atoms with E-state index in [1.807, 2.05) is 24.3 Å². The summed E-state index contributed by atoms with van der Waals surface area (Å²) >= 11 is 0. The zero-order valence-electron chi connectivity index (χ0n) is 14.8. The number of hydrogen-bond acceptors (Lipinski definition) is 3. The molecule has 0 bridgehead atoms. The van der Waals surface area contributed by atoms with Crippen LogP contribution in [0.25, 0.3) is 0 Å². The predicted octanol–water partition coefficient (Wildman–Crippen LogP) is 5.91. The van der Waals surface area contributed by atoms with E-state index in [0.717, 1.165) is 30.5 Å². The van der Waals surface area contributed by atoms with E-state index in [2.05, 4.69) is 21.9 Å². The summed E-state index contributed by atoms with van der Waals surface area (Å²) in [5.41, 5.74) is 2.40. The van der Waals surface area contributed by atoms with Crippen LogP contribution in [0.5, 0.6) is 5.75 Å². The fraction of sp³-hybridized carbons (Fsp3) is 0.300. The van der Waals surface area contributed by atoms with Gasteiger partial charge in [-0.2, -0.15) is 10.2 Å². The summed E-state index contributed by atoms with van der Waals surface area (Å²) < 4.78 is 53.4. The molecule has 0 N–H and O–H groups in total. The second kappa shape index (κ2) is 9.85. The van der Waals surface area contributed by atoms with Gasteiger partial charge in [-0.05, 0) is 47.7 Å². The highest BCUT2D eigenvalue weighted by Crippen LogP contribution is 2.25. The molecule has 2 aromatic rings. The molecule has 0 heterocycles. The Morgan fingerprint density at radius 2 is 1.56 bits per heavy atom. The fourth-order valence-electron chi connectivity index (χ4n) is 2.35. The molecule has 0 radical (unpaired) electrons. The number of halogens is 4. The number of alkyl halides is 3. The van der Waals surface area contributed by atoms with Crippen LogP contribution in [-0.2, 0) is 6.42 Å². The number of ether oxygens (including phenoxy) is 1. The largest absolute Gasteiger partial charge is 0.573 e. The van der Waals surface area contributed by atoms with E-state index in [4.69, 9.17) is 0 Å². The Balaban J connectivity index is 1.91. The molecule has 0 fully saturated rings. The van der Waals surface area contributed by atoms with Crippen LogP contribution in [-0.4, -0.2) is 18.8 Å². The molecule has 2 aromatic carbocycles. The van der Waals surface area contributed by atoms with Crippen LogP contribution in [0.1, 0.15) is 42.9 Å². The Bertz CT molecular complexity index is 784. The molecule has 2 rings (SSSR count). The molecule has 0 aliphatic heterocycles. The third kappa shape index (κ3) is 7.60. The fourth-order valence-corrected chi connectivity index (χ4v) is 2.35. The van der Waals surface area contributed by atoms with E-state index in [9.17, 15) is 17.6 Å². The first-order valence-electron chi connectivity index (χ1n) is 8.58. The molecule has 0 unspecified atom stereocenters. The Morgan fingerprint density at radius 1 is 0.926 bits per heavy atom. The van der Waals surface area contributed by atoms with Gasteiger partial charge in [0.1, 0.15) is 0 Å². The number of nitrogens with zero attached hydrogens (tertiary/aromatic N) is 2. The molecule has 0 atom stereocenters. The van der Waals surface area contributed by atoms with Gasteiger partial charge in [0.2, 0.25) is 0 Å². The van der Waals surface area contributed by atoms with Gasteiger partial charge in [0.25, 0.3) is 0 Å². The molecule has 0 amide bonds. The minimum atomic E-state index is -4.94. The maximum absolute atomic E-state index is 13.6. The lowest BCUT2D eigenvalue weighted by Gasteiger charge is -2.09. The summed E-state index contributed by atoms with van der Waals surface area (Å²) in [6, 6.07) is 11.0. The Morgan fingerprint density at radius 3 is 2.15 bits per heavy atom. The molecule has 27 heavy (non-hydrogen) atoms. The third-order valence-corrected chi connectivity index (χ3v) is 3.71. The molecular formula is C20H20F4N2O. The average molecular weight is 380 g/mol. The summed E-state index contributed by atoms with van der Waals surface area (Å²) in [6.45, 7) is 2.17. The summed E-state index contributed by atoms with van der Waals surface area (Å²) in [4.78, 5) is 0. The normalized spacial score (nSPS) is 12.2. The zero-order chi connectivity index (χ0) is 19.7. The number of benzene rings is 2. The van der Waals surface area contributed by atoms with E-state index in [1.54, 1.807) is 6.21 Å². The molecule has 3 nitrogen and oxygen atoms in total. The van der Waals surface area contributed by atoms with Gasteiger partial charge >= 0.3 is 6.36 Å². The molecule has 0 aliphatic carbocycles. The van der Waals surface area contributed by atoms with Gasteiger partial charge < -0.3 is 4.74 Å². The second-order valence-electron chi connectivity index (χ2n) is 5.93. The average Bonchev–Trinajstić information content (AvgIpc) is 2.61. The first-order valence-corrected chi connectivity index (χ1v) is 8.58. The van der Waals surface area contributed by atoms with Gasteiger partial charge in [-0.3, -0.25) is 0 Å². The van der Waals surface area contributed by atoms with Crippen molar-refractivity contribution in [3.05, 3.63) is 65.0 Å². The van der Waals surface area contributed by atoms with Crippen molar-refractivity contribution in [2.45, 2.75) is 39.0 Å². The van der Waals surface area contributed by atoms with Crippen LogP contribution in [0.2, 0.25) is 0 Å². The first kappa shape index (κ1) is 20.6. The summed E-state index contributed by atoms with van der Waals surface area (Å²) in [5.74, 6) is -2.01. The highest BCUT2D eigenvalue weighted by Gasteiger charge is 2.32. The zero-order valence-corrected chi connectivity index (χ0v) is 14.8. The SMILES string of the molecule is CCCCCc1ccc(C=NN=Cc2ccc(OC(F)(F)F)c(F)c2)cc1. The van der Waals surface area contributed by atoms with Gasteiger partial charge in [-0.25, -0.2) is 4.39 Å². The quantitative estimate of drug-likeness (QED) is 0.243. The molecule has 144 valence electrons. The van der Waals surface area contributed by atoms with E-state index >= 15 is 0 Å². The van der Waals surface area contributed by atoms with Gasteiger partial charge in [-0.15, -0.1) is 13.2 Å². The lowest BCUT2D eigenvalue weighted by atomic mass is 10.1. The lowest BCUT2D eigenvalue weighted by Crippen LogP contribution is -2.18. The number of rotatable bonds is 8. The number of hydrogen-bond donors (Lipinski definition) is 0. The van der Waals surface area contributed by atoms with Gasteiger partial charge in [0.05, 0.1) is 12.4 Å². The first-order chi connectivity index (χ1) is 12.9. The Labute approximate surface area is 155 Å². The Kier molecular flexibility index (Phi) is 7.52. The monoisotopic (exact) mass is 380 g/mol. The minimum Gasteiger partial charge on any atom is -0.403 e. The van der Waals surface area contributed by atoms with Crippen molar-refractivity contribution in [2.24, 2.45) is 10.2 Å². The summed E-state index contributed by atoms with van der Waals surface area (Å²) in [5, 5.41) is 7.64. The highest BCUT2D eigenvalue weighted by atomic mass is 19.4. The van der Waals surface area contributed by atoms with E-state index in [-0.39, 0.29) is 5.56 Å². The maximum Gasteiger partial charge on any atom is 0.573 e. The van der Waals surface area contributed by atoms with Crippen molar-refractivity contribution < 1.29 is 22.3 Å². The Hall–Kier alpha value is -2.70. The van der Waals surface area contributed by atoms with E-state index in [0.29, 0.717) is 0 Å². The summed E-state index contributed by atoms with van der Waals surface area (Å²) in [7, 11) is 0. The molecule has 0 saturated carbocycles. The molecule has 0 aromatic heterocycles. The van der Waals surface area contributed by atoms with Crippen molar-refractivity contribution in [1.82, 2.24) is 0 Å². The van der Waals surface area contributed by atoms with E-state index < -0.39 is 17.9 Å². The maximum atomic E-state index is 13.6. The van der Waals surface area contributed by atoms with Crippen LogP contribution >= 0.6 is 0 Å². The van der Waals surface area contributed by atoms with Crippen LogP contribution < -0.4 is 4.74 Å². The molecule has 0 aliphatic rings. The highest BCUT2D eigenvalue weighted by molar-refractivity contribution is 5.82. The predicted molar refractivity (Wildman–Crippen MR) is 97.9 cm³/mol.